The lowest BCUT2D eigenvalue weighted by Gasteiger charge is -2.33. The molecule has 0 radical (unpaired) electrons. The Bertz CT molecular complexity index is 671. The molecule has 0 N–H and O–H groups in total. The van der Waals surface area contributed by atoms with E-state index in [1.807, 2.05) is 22.4 Å². The summed E-state index contributed by atoms with van der Waals surface area (Å²) in [5.74, 6) is 1.29. The molecule has 1 amide bonds. The molecule has 2 aromatic rings. The number of rotatable bonds is 4. The molecule has 0 aliphatic carbocycles. The zero-order chi connectivity index (χ0) is 16.4. The van der Waals surface area contributed by atoms with Crippen LogP contribution in [0.5, 0.6) is 0 Å². The molecule has 0 saturated carbocycles. The SMILES string of the molecule is O=C(Cc1csc(-c2ccco2)n1)N1CCC(C2OCCO2)CC1. The maximum absolute atomic E-state index is 12.5. The first-order valence-corrected chi connectivity index (χ1v) is 9.17. The molecule has 6 nitrogen and oxygen atoms in total. The highest BCUT2D eigenvalue weighted by Gasteiger charge is 2.31. The molecular weight excluding hydrogens is 328 g/mol. The topological polar surface area (TPSA) is 64.8 Å². The summed E-state index contributed by atoms with van der Waals surface area (Å²) in [6.07, 6.45) is 3.77. The van der Waals surface area contributed by atoms with Crippen molar-refractivity contribution in [3.05, 3.63) is 29.5 Å². The number of furan rings is 1. The monoisotopic (exact) mass is 348 g/mol. The van der Waals surface area contributed by atoms with Crippen LogP contribution in [0.1, 0.15) is 18.5 Å². The lowest BCUT2D eigenvalue weighted by atomic mass is 9.96. The highest BCUT2D eigenvalue weighted by molar-refractivity contribution is 7.13. The Hall–Kier alpha value is -1.70. The summed E-state index contributed by atoms with van der Waals surface area (Å²) in [6.45, 7) is 2.90. The second-order valence-electron chi connectivity index (χ2n) is 6.13. The van der Waals surface area contributed by atoms with Gasteiger partial charge in [-0.25, -0.2) is 4.98 Å². The Balaban J connectivity index is 1.30. The first kappa shape index (κ1) is 15.8. The van der Waals surface area contributed by atoms with Gasteiger partial charge < -0.3 is 18.8 Å². The molecule has 7 heteroatoms. The van der Waals surface area contributed by atoms with Crippen molar-refractivity contribution in [2.24, 2.45) is 5.92 Å². The van der Waals surface area contributed by atoms with Gasteiger partial charge in [-0.1, -0.05) is 0 Å². The van der Waals surface area contributed by atoms with Gasteiger partial charge in [-0.3, -0.25) is 4.79 Å². The molecule has 2 saturated heterocycles. The highest BCUT2D eigenvalue weighted by Crippen LogP contribution is 2.27. The van der Waals surface area contributed by atoms with Crippen molar-refractivity contribution in [3.8, 4) is 10.8 Å². The molecule has 2 aliphatic rings. The third-order valence-electron chi connectivity index (χ3n) is 4.54. The zero-order valence-corrected chi connectivity index (χ0v) is 14.2. The second kappa shape index (κ2) is 7.04. The lowest BCUT2D eigenvalue weighted by Crippen LogP contribution is -2.42. The van der Waals surface area contributed by atoms with E-state index in [2.05, 4.69) is 4.98 Å². The number of carbonyl (C=O) groups excluding carboxylic acids is 1. The van der Waals surface area contributed by atoms with Crippen LogP contribution in [0.25, 0.3) is 10.8 Å². The van der Waals surface area contributed by atoms with E-state index in [1.165, 1.54) is 11.3 Å². The molecule has 0 aromatic carbocycles. The number of amides is 1. The summed E-state index contributed by atoms with van der Waals surface area (Å²) in [6, 6.07) is 3.71. The second-order valence-corrected chi connectivity index (χ2v) is 6.98. The Morgan fingerprint density at radius 1 is 1.29 bits per heavy atom. The van der Waals surface area contributed by atoms with Gasteiger partial charge in [0.05, 0.1) is 31.6 Å². The van der Waals surface area contributed by atoms with Crippen LogP contribution in [0, 0.1) is 5.92 Å². The number of hydrogen-bond acceptors (Lipinski definition) is 6. The van der Waals surface area contributed by atoms with E-state index in [0.29, 0.717) is 25.6 Å². The quantitative estimate of drug-likeness (QED) is 0.850. The predicted molar refractivity (Wildman–Crippen MR) is 88.5 cm³/mol. The number of piperidine rings is 1. The maximum Gasteiger partial charge on any atom is 0.228 e. The lowest BCUT2D eigenvalue weighted by molar-refractivity contribution is -0.136. The summed E-state index contributed by atoms with van der Waals surface area (Å²) in [5, 5.41) is 2.75. The van der Waals surface area contributed by atoms with E-state index < -0.39 is 0 Å². The Morgan fingerprint density at radius 2 is 2.08 bits per heavy atom. The first-order valence-electron chi connectivity index (χ1n) is 8.29. The molecule has 2 aromatic heterocycles. The summed E-state index contributed by atoms with van der Waals surface area (Å²) in [5.41, 5.74) is 0.806. The predicted octanol–water partition coefficient (Wildman–Crippen LogP) is 2.56. The molecule has 0 unspecified atom stereocenters. The number of thiazole rings is 1. The van der Waals surface area contributed by atoms with Gasteiger partial charge in [-0.15, -0.1) is 11.3 Å². The van der Waals surface area contributed by atoms with Crippen LogP contribution in [0.15, 0.2) is 28.2 Å². The van der Waals surface area contributed by atoms with Gasteiger partial charge in [0.2, 0.25) is 5.91 Å². The number of carbonyl (C=O) groups is 1. The number of ether oxygens (including phenoxy) is 2. The average Bonchev–Trinajstić information content (AvgIpc) is 3.36. The van der Waals surface area contributed by atoms with Gasteiger partial charge >= 0.3 is 0 Å². The summed E-state index contributed by atoms with van der Waals surface area (Å²) >= 11 is 1.50. The van der Waals surface area contributed by atoms with E-state index in [4.69, 9.17) is 13.9 Å². The zero-order valence-electron chi connectivity index (χ0n) is 13.3. The number of aromatic nitrogens is 1. The number of hydrogen-bond donors (Lipinski definition) is 0. The van der Waals surface area contributed by atoms with Crippen molar-refractivity contribution in [3.63, 3.8) is 0 Å². The maximum atomic E-state index is 12.5. The van der Waals surface area contributed by atoms with Gasteiger partial charge in [0.15, 0.2) is 17.1 Å². The van der Waals surface area contributed by atoms with E-state index in [-0.39, 0.29) is 12.2 Å². The minimum atomic E-state index is -0.0725. The third-order valence-corrected chi connectivity index (χ3v) is 5.45. The third kappa shape index (κ3) is 3.38. The normalized spacial score (nSPS) is 19.9. The van der Waals surface area contributed by atoms with Crippen molar-refractivity contribution in [2.75, 3.05) is 26.3 Å². The first-order chi connectivity index (χ1) is 11.8. The van der Waals surface area contributed by atoms with Crippen LogP contribution in [-0.4, -0.2) is 48.4 Å². The summed E-state index contributed by atoms with van der Waals surface area (Å²) < 4.78 is 16.5. The Kier molecular flexibility index (Phi) is 4.64. The van der Waals surface area contributed by atoms with Crippen LogP contribution >= 0.6 is 11.3 Å². The number of likely N-dealkylation sites (tertiary alicyclic amines) is 1. The summed E-state index contributed by atoms with van der Waals surface area (Å²) in [4.78, 5) is 18.9. The van der Waals surface area contributed by atoms with Crippen LogP contribution in [0.4, 0.5) is 0 Å². The molecule has 4 heterocycles. The average molecular weight is 348 g/mol. The fourth-order valence-electron chi connectivity index (χ4n) is 3.24. The molecule has 24 heavy (non-hydrogen) atoms. The highest BCUT2D eigenvalue weighted by atomic mass is 32.1. The fourth-order valence-corrected chi connectivity index (χ4v) is 4.02. The Morgan fingerprint density at radius 3 is 2.79 bits per heavy atom. The smallest absolute Gasteiger partial charge is 0.228 e. The van der Waals surface area contributed by atoms with E-state index in [1.54, 1.807) is 6.26 Å². The van der Waals surface area contributed by atoms with Crippen molar-refractivity contribution < 1.29 is 18.7 Å². The van der Waals surface area contributed by atoms with Crippen molar-refractivity contribution in [2.45, 2.75) is 25.6 Å². The van der Waals surface area contributed by atoms with Crippen molar-refractivity contribution >= 4 is 17.2 Å². The largest absolute Gasteiger partial charge is 0.462 e. The van der Waals surface area contributed by atoms with Gasteiger partial charge in [0.1, 0.15) is 0 Å². The number of nitrogens with zero attached hydrogens (tertiary/aromatic N) is 2. The Labute approximate surface area is 144 Å². The van der Waals surface area contributed by atoms with Crippen molar-refractivity contribution in [1.29, 1.82) is 0 Å². The molecule has 4 rings (SSSR count). The molecule has 0 atom stereocenters. The van der Waals surface area contributed by atoms with Gasteiger partial charge in [-0.05, 0) is 25.0 Å². The van der Waals surface area contributed by atoms with E-state index >= 15 is 0 Å². The standard InChI is InChI=1S/C17H20N2O4S/c20-15(10-13-11-24-16(18-13)14-2-1-7-21-14)19-5-3-12(4-6-19)17-22-8-9-23-17/h1-2,7,11-12,17H,3-6,8-10H2. The minimum Gasteiger partial charge on any atom is -0.462 e. The van der Waals surface area contributed by atoms with Crippen LogP contribution < -0.4 is 0 Å². The molecule has 0 spiro atoms. The fraction of sp³-hybridized carbons (Fsp3) is 0.529. The van der Waals surface area contributed by atoms with Crippen LogP contribution in [0.2, 0.25) is 0 Å². The molecule has 2 aliphatic heterocycles. The van der Waals surface area contributed by atoms with Crippen LogP contribution in [-0.2, 0) is 20.7 Å². The van der Waals surface area contributed by atoms with Crippen molar-refractivity contribution in [1.82, 2.24) is 9.88 Å². The van der Waals surface area contributed by atoms with E-state index in [9.17, 15) is 4.79 Å². The molecule has 128 valence electrons. The molecule has 0 bridgehead atoms. The minimum absolute atomic E-state index is 0.0725. The van der Waals surface area contributed by atoms with Crippen LogP contribution in [0.3, 0.4) is 0 Å². The molecule has 2 fully saturated rings. The van der Waals surface area contributed by atoms with Gasteiger partial charge in [-0.2, -0.15) is 0 Å². The van der Waals surface area contributed by atoms with Gasteiger partial charge in [0.25, 0.3) is 0 Å². The molecular formula is C17H20N2O4S. The summed E-state index contributed by atoms with van der Waals surface area (Å²) in [7, 11) is 0. The van der Waals surface area contributed by atoms with E-state index in [0.717, 1.165) is 42.4 Å². The van der Waals surface area contributed by atoms with Gasteiger partial charge in [0, 0.05) is 24.4 Å².